The number of anilines is 1. The van der Waals surface area contributed by atoms with Crippen LogP contribution in [0.15, 0.2) is 107 Å². The first-order valence-electron chi connectivity index (χ1n) is 13.9. The number of hydrogen-bond donors (Lipinski definition) is 1. The molecule has 0 radical (unpaired) electrons. The number of rotatable bonds is 9. The highest BCUT2D eigenvalue weighted by atomic mass is 32.2. The highest BCUT2D eigenvalue weighted by Gasteiger charge is 2.48. The van der Waals surface area contributed by atoms with Crippen molar-refractivity contribution >= 4 is 45.7 Å². The zero-order valence-corrected chi connectivity index (χ0v) is 25.6. The third-order valence-corrected chi connectivity index (χ3v) is 9.27. The Labute approximate surface area is 263 Å². The number of carbonyl (C=O) groups excluding carboxylic acids is 2. The number of carbonyl (C=O) groups is 2. The molecule has 2 aromatic heterocycles. The predicted molar refractivity (Wildman–Crippen MR) is 172 cm³/mol. The van der Waals surface area contributed by atoms with Crippen LogP contribution in [0.5, 0.6) is 5.75 Å². The number of aryl methyl sites for hydroxylation is 2. The molecule has 0 bridgehead atoms. The number of Topliss-reactive ketones (excluding diaryl/α,β-unsaturated/α-hetero) is 1. The van der Waals surface area contributed by atoms with Gasteiger partial charge >= 0.3 is 5.91 Å². The lowest BCUT2D eigenvalue weighted by atomic mass is 9.96. The molecule has 3 heterocycles. The van der Waals surface area contributed by atoms with Gasteiger partial charge < -0.3 is 9.84 Å². The lowest BCUT2D eigenvalue weighted by Gasteiger charge is -2.22. The molecule has 1 aliphatic rings. The van der Waals surface area contributed by atoms with E-state index in [0.29, 0.717) is 33.6 Å². The Bertz CT molecular complexity index is 1840. The molecule has 1 unspecified atom stereocenters. The summed E-state index contributed by atoms with van der Waals surface area (Å²) in [6, 6.07) is 25.6. The molecule has 0 aliphatic carbocycles. The number of hydrogen-bond acceptors (Lipinski definition) is 9. The summed E-state index contributed by atoms with van der Waals surface area (Å²) >= 11 is 2.73. The van der Waals surface area contributed by atoms with Gasteiger partial charge in [-0.05, 0) is 60.9 Å². The number of nitrogens with zero attached hydrogens (tertiary/aromatic N) is 4. The third-order valence-electron chi connectivity index (χ3n) is 7.15. The van der Waals surface area contributed by atoms with Crippen LogP contribution in [0.4, 0.5) is 5.13 Å². The van der Waals surface area contributed by atoms with Gasteiger partial charge in [0.1, 0.15) is 18.1 Å². The van der Waals surface area contributed by atoms with Crippen molar-refractivity contribution in [3.63, 3.8) is 0 Å². The second-order valence-electron chi connectivity index (χ2n) is 10.4. The average molecular weight is 621 g/mol. The Morgan fingerprint density at radius 1 is 0.932 bits per heavy atom. The minimum atomic E-state index is -0.927. The number of pyridine rings is 1. The number of benzene rings is 3. The number of amides is 1. The fourth-order valence-corrected chi connectivity index (χ4v) is 6.73. The molecule has 1 fully saturated rings. The minimum absolute atomic E-state index is 0.0412. The van der Waals surface area contributed by atoms with Crippen molar-refractivity contribution < 1.29 is 19.4 Å². The Hall–Kier alpha value is -4.80. The number of ketones is 1. The zero-order valence-electron chi connectivity index (χ0n) is 24.0. The van der Waals surface area contributed by atoms with Crippen LogP contribution in [0.2, 0.25) is 0 Å². The smallest absolute Gasteiger partial charge is 0.301 e. The van der Waals surface area contributed by atoms with Crippen LogP contribution in [0.25, 0.3) is 5.76 Å². The molecule has 5 aromatic rings. The molecule has 44 heavy (non-hydrogen) atoms. The molecule has 0 saturated carbocycles. The normalized spacial score (nSPS) is 16.0. The van der Waals surface area contributed by atoms with Crippen molar-refractivity contribution in [2.75, 3.05) is 4.90 Å². The monoisotopic (exact) mass is 620 g/mol. The number of thioether (sulfide) groups is 1. The Morgan fingerprint density at radius 3 is 2.45 bits per heavy atom. The first kappa shape index (κ1) is 29.3. The van der Waals surface area contributed by atoms with Crippen LogP contribution >= 0.6 is 23.1 Å². The van der Waals surface area contributed by atoms with Crippen molar-refractivity contribution in [1.29, 1.82) is 0 Å². The molecule has 1 amide bonds. The average Bonchev–Trinajstić information content (AvgIpc) is 3.62. The van der Waals surface area contributed by atoms with Crippen LogP contribution in [0.3, 0.4) is 0 Å². The summed E-state index contributed by atoms with van der Waals surface area (Å²) in [5.41, 5.74) is 5.42. The van der Waals surface area contributed by atoms with Crippen molar-refractivity contribution in [3.8, 4) is 5.75 Å². The van der Waals surface area contributed by atoms with Crippen molar-refractivity contribution in [1.82, 2.24) is 15.2 Å². The molecule has 0 spiro atoms. The van der Waals surface area contributed by atoms with Crippen LogP contribution in [0.1, 0.15) is 39.4 Å². The molecule has 3 aromatic carbocycles. The summed E-state index contributed by atoms with van der Waals surface area (Å²) in [6.07, 6.45) is 3.18. The van der Waals surface area contributed by atoms with Crippen LogP contribution in [0, 0.1) is 13.8 Å². The molecule has 8 nitrogen and oxygen atoms in total. The Balaban J connectivity index is 1.27. The van der Waals surface area contributed by atoms with E-state index in [1.165, 1.54) is 33.6 Å². The SMILES string of the molecule is Cc1ccc(CSc2nnc(N3C(=O)C(=O)C(=C(O)c4ccc(OCc5cccc(C)c5)cc4)C3c3cccnc3)s2)cc1. The van der Waals surface area contributed by atoms with Gasteiger partial charge in [0.25, 0.3) is 5.78 Å². The fourth-order valence-electron chi connectivity index (χ4n) is 4.90. The summed E-state index contributed by atoms with van der Waals surface area (Å²) < 4.78 is 6.58. The summed E-state index contributed by atoms with van der Waals surface area (Å²) in [5.74, 6) is -0.588. The molecule has 10 heteroatoms. The van der Waals surface area contributed by atoms with E-state index >= 15 is 0 Å². The maximum Gasteiger partial charge on any atom is 0.301 e. The van der Waals surface area contributed by atoms with E-state index < -0.39 is 17.7 Å². The largest absolute Gasteiger partial charge is 0.507 e. The van der Waals surface area contributed by atoms with Crippen LogP contribution in [-0.4, -0.2) is 32.0 Å². The molecule has 220 valence electrons. The van der Waals surface area contributed by atoms with E-state index in [-0.39, 0.29) is 16.5 Å². The topological polar surface area (TPSA) is 106 Å². The molecule has 6 rings (SSSR count). The third kappa shape index (κ3) is 6.27. The highest BCUT2D eigenvalue weighted by Crippen LogP contribution is 2.44. The Morgan fingerprint density at radius 2 is 1.73 bits per heavy atom. The lowest BCUT2D eigenvalue weighted by Crippen LogP contribution is -2.29. The second kappa shape index (κ2) is 12.8. The summed E-state index contributed by atoms with van der Waals surface area (Å²) in [5, 5.41) is 20.3. The molecule has 1 saturated heterocycles. The van der Waals surface area contributed by atoms with Gasteiger partial charge in [0.15, 0.2) is 4.34 Å². The van der Waals surface area contributed by atoms with Gasteiger partial charge in [-0.15, -0.1) is 10.2 Å². The van der Waals surface area contributed by atoms with Crippen molar-refractivity contribution in [3.05, 3.63) is 136 Å². The summed E-state index contributed by atoms with van der Waals surface area (Å²) in [7, 11) is 0. The molecule has 1 aliphatic heterocycles. The zero-order chi connectivity index (χ0) is 30.6. The number of ether oxygens (including phenoxy) is 1. The molecule has 1 atom stereocenters. The van der Waals surface area contributed by atoms with Gasteiger partial charge in [0, 0.05) is 23.7 Å². The first-order valence-corrected chi connectivity index (χ1v) is 15.7. The Kier molecular flexibility index (Phi) is 8.53. The second-order valence-corrected chi connectivity index (χ2v) is 12.6. The minimum Gasteiger partial charge on any atom is -0.507 e. The van der Waals surface area contributed by atoms with E-state index in [4.69, 9.17) is 4.74 Å². The van der Waals surface area contributed by atoms with E-state index in [0.717, 1.165) is 16.7 Å². The summed E-state index contributed by atoms with van der Waals surface area (Å²) in [4.78, 5) is 32.5. The van der Waals surface area contributed by atoms with Crippen LogP contribution < -0.4 is 9.64 Å². The molecule has 1 N–H and O–H groups in total. The standard InChI is InChI=1S/C34H28N4O4S2/c1-21-8-10-23(11-9-21)20-43-34-37-36-33(44-34)38-29(26-7-4-16-35-18-26)28(31(40)32(38)41)30(39)25-12-14-27(15-13-25)42-19-24-6-3-5-22(2)17-24/h3-18,29,39H,19-20H2,1-2H3. The predicted octanol–water partition coefficient (Wildman–Crippen LogP) is 7.05. The van der Waals surface area contributed by atoms with Crippen molar-refractivity contribution in [2.24, 2.45) is 0 Å². The van der Waals surface area contributed by atoms with E-state index in [2.05, 4.69) is 45.5 Å². The van der Waals surface area contributed by atoms with Gasteiger partial charge in [-0.3, -0.25) is 19.5 Å². The number of aliphatic hydroxyl groups is 1. The number of aliphatic hydroxyl groups excluding tert-OH is 1. The summed E-state index contributed by atoms with van der Waals surface area (Å²) in [6.45, 7) is 4.46. The quantitative estimate of drug-likeness (QED) is 0.0615. The molecular formula is C34H28N4O4S2. The van der Waals surface area contributed by atoms with E-state index in [1.54, 1.807) is 48.8 Å². The van der Waals surface area contributed by atoms with Gasteiger partial charge in [-0.2, -0.15) is 0 Å². The maximum atomic E-state index is 13.5. The van der Waals surface area contributed by atoms with Gasteiger partial charge in [0.05, 0.1) is 11.6 Å². The fraction of sp³-hybridized carbons (Fsp3) is 0.147. The molecular weight excluding hydrogens is 593 g/mol. The number of aromatic nitrogens is 3. The maximum absolute atomic E-state index is 13.5. The lowest BCUT2D eigenvalue weighted by molar-refractivity contribution is -0.132. The van der Waals surface area contributed by atoms with Crippen molar-refractivity contribution in [2.45, 2.75) is 36.6 Å². The highest BCUT2D eigenvalue weighted by molar-refractivity contribution is 8.00. The van der Waals surface area contributed by atoms with Gasteiger partial charge in [0.2, 0.25) is 5.13 Å². The van der Waals surface area contributed by atoms with Gasteiger partial charge in [-0.1, -0.05) is 88.8 Å². The first-order chi connectivity index (χ1) is 21.4. The van der Waals surface area contributed by atoms with Crippen LogP contribution in [-0.2, 0) is 21.9 Å². The van der Waals surface area contributed by atoms with E-state index in [1.807, 2.05) is 32.0 Å². The van der Waals surface area contributed by atoms with E-state index in [9.17, 15) is 14.7 Å². The van der Waals surface area contributed by atoms with Gasteiger partial charge in [-0.25, -0.2) is 0 Å².